The van der Waals surface area contributed by atoms with Gasteiger partial charge in [-0.1, -0.05) is 0 Å². The van der Waals surface area contributed by atoms with Crippen LogP contribution in [-0.2, 0) is 0 Å². The molecule has 4 N–H and O–H groups in total. The first kappa shape index (κ1) is 6.64. The summed E-state index contributed by atoms with van der Waals surface area (Å²) in [6, 6.07) is 3.52. The molecule has 0 saturated carbocycles. The average molecular weight is 213 g/mol. The van der Waals surface area contributed by atoms with Crippen LogP contribution in [0.3, 0.4) is 0 Å². The van der Waals surface area contributed by atoms with Crippen LogP contribution in [0.5, 0.6) is 0 Å². The van der Waals surface area contributed by atoms with Crippen molar-refractivity contribution >= 4 is 37.4 Å². The zero-order valence-electron chi connectivity index (χ0n) is 5.61. The van der Waals surface area contributed by atoms with Gasteiger partial charge in [0.05, 0.1) is 0 Å². The Labute approximate surface area is 69.4 Å². The normalized spacial score (nSPS) is 10.5. The van der Waals surface area contributed by atoms with Gasteiger partial charge in [-0.15, -0.1) is 0 Å². The van der Waals surface area contributed by atoms with E-state index in [1.807, 2.05) is 0 Å². The monoisotopic (exact) mass is 214 g/mol. The van der Waals surface area contributed by atoms with Crippen molar-refractivity contribution in [2.45, 2.75) is 0 Å². The molecule has 5 heteroatoms. The number of nitrogen functional groups attached to an aromatic ring is 2. The van der Waals surface area contributed by atoms with Crippen molar-refractivity contribution in [1.29, 1.82) is 0 Å². The standard InChI is InChI=1S/C6H6N4Se/c7-3-1-2-4(8)6-5(3)9-11-10-6/h1-2H,7-8H2. The topological polar surface area (TPSA) is 77.8 Å². The molecule has 0 bridgehead atoms. The SMILES string of the molecule is Nc1ccc(N)c2n[se]nc12. The first-order chi connectivity index (χ1) is 5.29. The summed E-state index contributed by atoms with van der Waals surface area (Å²) >= 11 is -0.0497. The third-order valence-electron chi connectivity index (χ3n) is 1.48. The fraction of sp³-hybridized carbons (Fsp3) is 0. The molecule has 4 nitrogen and oxygen atoms in total. The van der Waals surface area contributed by atoms with Gasteiger partial charge in [-0.2, -0.15) is 0 Å². The molecule has 0 atom stereocenters. The fourth-order valence-corrected chi connectivity index (χ4v) is 2.14. The first-order valence-electron chi connectivity index (χ1n) is 3.05. The Hall–Kier alpha value is -1.06. The first-order valence-corrected chi connectivity index (χ1v) is 4.58. The van der Waals surface area contributed by atoms with Crippen LogP contribution in [0.4, 0.5) is 11.4 Å². The number of aromatic nitrogens is 2. The molecule has 0 unspecified atom stereocenters. The number of rotatable bonds is 0. The van der Waals surface area contributed by atoms with E-state index in [2.05, 4.69) is 7.96 Å². The van der Waals surface area contributed by atoms with Crippen molar-refractivity contribution in [3.05, 3.63) is 12.1 Å². The Balaban J connectivity index is 2.96. The summed E-state index contributed by atoms with van der Waals surface area (Å²) in [4.78, 5) is 0. The molecule has 0 aliphatic carbocycles. The molecule has 1 heterocycles. The summed E-state index contributed by atoms with van der Waals surface area (Å²) in [6.07, 6.45) is 0. The molecule has 2 rings (SSSR count). The predicted molar refractivity (Wildman–Crippen MR) is 45.3 cm³/mol. The van der Waals surface area contributed by atoms with Crippen LogP contribution < -0.4 is 11.5 Å². The maximum absolute atomic E-state index is 5.64. The van der Waals surface area contributed by atoms with E-state index in [-0.39, 0.29) is 15.0 Å². The van der Waals surface area contributed by atoms with E-state index in [0.717, 1.165) is 11.0 Å². The average Bonchev–Trinajstić information content (AvgIpc) is 2.45. The number of nitrogens with zero attached hydrogens (tertiary/aromatic N) is 2. The van der Waals surface area contributed by atoms with Gasteiger partial charge in [0.1, 0.15) is 0 Å². The van der Waals surface area contributed by atoms with Gasteiger partial charge in [-0.25, -0.2) is 0 Å². The number of fused-ring (bicyclic) bond motifs is 1. The molecule has 0 radical (unpaired) electrons. The van der Waals surface area contributed by atoms with Crippen molar-refractivity contribution in [2.75, 3.05) is 11.5 Å². The molecule has 0 fully saturated rings. The molecule has 1 aromatic carbocycles. The number of nitrogens with two attached hydrogens (primary N) is 2. The zero-order chi connectivity index (χ0) is 7.84. The second-order valence-corrected chi connectivity index (χ2v) is 3.31. The molecule has 0 spiro atoms. The van der Waals surface area contributed by atoms with Crippen LogP contribution in [0, 0.1) is 0 Å². The van der Waals surface area contributed by atoms with E-state index in [9.17, 15) is 0 Å². The molecule has 1 aromatic heterocycles. The van der Waals surface area contributed by atoms with Crippen LogP contribution >= 0.6 is 0 Å². The Morgan fingerprint density at radius 2 is 1.45 bits per heavy atom. The third kappa shape index (κ3) is 0.894. The molecule has 0 amide bonds. The van der Waals surface area contributed by atoms with Gasteiger partial charge in [0, 0.05) is 0 Å². The Bertz CT molecular complexity index is 358. The Morgan fingerprint density at radius 3 is 1.91 bits per heavy atom. The Kier molecular flexibility index (Phi) is 1.34. The Morgan fingerprint density at radius 1 is 1.00 bits per heavy atom. The molecule has 11 heavy (non-hydrogen) atoms. The van der Waals surface area contributed by atoms with Gasteiger partial charge >= 0.3 is 68.9 Å². The van der Waals surface area contributed by atoms with Crippen molar-refractivity contribution in [3.63, 3.8) is 0 Å². The quantitative estimate of drug-likeness (QED) is 0.471. The van der Waals surface area contributed by atoms with Gasteiger partial charge in [0.25, 0.3) is 0 Å². The molecule has 56 valence electrons. The number of benzene rings is 1. The van der Waals surface area contributed by atoms with Crippen LogP contribution in [0.2, 0.25) is 0 Å². The van der Waals surface area contributed by atoms with E-state index >= 15 is 0 Å². The van der Waals surface area contributed by atoms with Crippen LogP contribution in [-0.4, -0.2) is 22.9 Å². The molecular weight excluding hydrogens is 207 g/mol. The van der Waals surface area contributed by atoms with E-state index in [1.165, 1.54) is 0 Å². The van der Waals surface area contributed by atoms with E-state index in [0.29, 0.717) is 11.4 Å². The minimum atomic E-state index is -0.0497. The number of hydrogen-bond donors (Lipinski definition) is 2. The summed E-state index contributed by atoms with van der Waals surface area (Å²) < 4.78 is 8.30. The van der Waals surface area contributed by atoms with Crippen LogP contribution in [0.25, 0.3) is 11.0 Å². The number of hydrogen-bond acceptors (Lipinski definition) is 4. The summed E-state index contributed by atoms with van der Waals surface area (Å²) in [6.45, 7) is 0. The third-order valence-corrected chi connectivity index (χ3v) is 2.59. The van der Waals surface area contributed by atoms with Crippen molar-refractivity contribution in [3.8, 4) is 0 Å². The second kappa shape index (κ2) is 2.22. The predicted octanol–water partition coefficient (Wildman–Crippen LogP) is -0.149. The summed E-state index contributed by atoms with van der Waals surface area (Å²) in [5.74, 6) is 0. The fourth-order valence-electron chi connectivity index (χ4n) is 0.905. The maximum atomic E-state index is 5.64. The summed E-state index contributed by atoms with van der Waals surface area (Å²) in [7, 11) is 0. The molecular formula is C6H6N4Se. The van der Waals surface area contributed by atoms with Crippen molar-refractivity contribution in [2.24, 2.45) is 0 Å². The number of anilines is 2. The molecule has 0 aliphatic heterocycles. The summed E-state index contributed by atoms with van der Waals surface area (Å²) in [5, 5.41) is 0. The zero-order valence-corrected chi connectivity index (χ0v) is 7.33. The van der Waals surface area contributed by atoms with E-state index < -0.39 is 0 Å². The molecule has 0 aliphatic rings. The van der Waals surface area contributed by atoms with Gasteiger partial charge in [0.2, 0.25) is 0 Å². The van der Waals surface area contributed by atoms with Crippen LogP contribution in [0.1, 0.15) is 0 Å². The van der Waals surface area contributed by atoms with Crippen molar-refractivity contribution in [1.82, 2.24) is 7.96 Å². The van der Waals surface area contributed by atoms with Crippen molar-refractivity contribution < 1.29 is 0 Å². The second-order valence-electron chi connectivity index (χ2n) is 2.21. The van der Waals surface area contributed by atoms with Gasteiger partial charge in [-0.3, -0.25) is 0 Å². The molecule has 0 saturated heterocycles. The van der Waals surface area contributed by atoms with Gasteiger partial charge in [-0.05, 0) is 0 Å². The molecule has 2 aromatic rings. The van der Waals surface area contributed by atoms with E-state index in [4.69, 9.17) is 11.5 Å². The summed E-state index contributed by atoms with van der Waals surface area (Å²) in [5.41, 5.74) is 14.1. The van der Waals surface area contributed by atoms with Crippen LogP contribution in [0.15, 0.2) is 12.1 Å². The van der Waals surface area contributed by atoms with Gasteiger partial charge in [0.15, 0.2) is 0 Å². The minimum absolute atomic E-state index is 0.0497. The van der Waals surface area contributed by atoms with E-state index in [1.54, 1.807) is 12.1 Å². The van der Waals surface area contributed by atoms with Gasteiger partial charge < -0.3 is 0 Å².